The summed E-state index contributed by atoms with van der Waals surface area (Å²) in [5.41, 5.74) is 1.82. The highest BCUT2D eigenvalue weighted by Gasteiger charge is 2.29. The number of nitrogens with zero attached hydrogens (tertiary/aromatic N) is 2. The molecule has 118 valence electrons. The van der Waals surface area contributed by atoms with Gasteiger partial charge in [0.15, 0.2) is 0 Å². The van der Waals surface area contributed by atoms with Crippen LogP contribution in [0.4, 0.5) is 5.69 Å². The largest absolute Gasteiger partial charge is 0.378 e. The number of carbonyl (C=O) groups is 2. The van der Waals surface area contributed by atoms with E-state index in [2.05, 4.69) is 4.90 Å². The standard InChI is InChI=1S/C17H22N2O3/c20-13-14-1-3-16(4-2-14)18-7-5-15(6-8-18)17(21)19-9-11-22-12-10-19/h1-4,13,15H,5-12H2. The highest BCUT2D eigenvalue weighted by Crippen LogP contribution is 2.25. The molecular formula is C17H22N2O3. The zero-order valence-electron chi connectivity index (χ0n) is 12.7. The topological polar surface area (TPSA) is 49.9 Å². The van der Waals surface area contributed by atoms with Crippen LogP contribution in [0.2, 0.25) is 0 Å². The maximum absolute atomic E-state index is 12.5. The fourth-order valence-electron chi connectivity index (χ4n) is 3.19. The van der Waals surface area contributed by atoms with Crippen molar-refractivity contribution in [2.45, 2.75) is 12.8 Å². The van der Waals surface area contributed by atoms with Crippen molar-refractivity contribution >= 4 is 17.9 Å². The zero-order valence-corrected chi connectivity index (χ0v) is 12.7. The number of ether oxygens (including phenoxy) is 1. The van der Waals surface area contributed by atoms with Crippen LogP contribution in [-0.4, -0.2) is 56.5 Å². The zero-order chi connectivity index (χ0) is 15.4. The molecular weight excluding hydrogens is 280 g/mol. The Balaban J connectivity index is 1.55. The van der Waals surface area contributed by atoms with Crippen LogP contribution in [0.25, 0.3) is 0 Å². The van der Waals surface area contributed by atoms with Gasteiger partial charge in [-0.25, -0.2) is 0 Å². The van der Waals surface area contributed by atoms with Gasteiger partial charge in [-0.05, 0) is 37.1 Å². The molecule has 2 saturated heterocycles. The number of piperidine rings is 1. The molecule has 5 heteroatoms. The molecule has 22 heavy (non-hydrogen) atoms. The molecule has 1 aromatic rings. The van der Waals surface area contributed by atoms with Crippen LogP contribution in [-0.2, 0) is 9.53 Å². The molecule has 0 aliphatic carbocycles. The molecule has 0 aromatic heterocycles. The number of amides is 1. The molecule has 5 nitrogen and oxygen atoms in total. The second-order valence-electron chi connectivity index (χ2n) is 5.91. The molecule has 1 amide bonds. The van der Waals surface area contributed by atoms with Crippen molar-refractivity contribution in [2.24, 2.45) is 5.92 Å². The Morgan fingerprint density at radius 3 is 2.27 bits per heavy atom. The molecule has 0 radical (unpaired) electrons. The Labute approximate surface area is 130 Å². The number of hydrogen-bond acceptors (Lipinski definition) is 4. The van der Waals surface area contributed by atoms with Crippen LogP contribution in [0.15, 0.2) is 24.3 Å². The molecule has 1 aromatic carbocycles. The van der Waals surface area contributed by atoms with Crippen LogP contribution in [0.1, 0.15) is 23.2 Å². The molecule has 0 bridgehead atoms. The molecule has 0 spiro atoms. The summed E-state index contributed by atoms with van der Waals surface area (Å²) >= 11 is 0. The minimum absolute atomic E-state index is 0.142. The first-order valence-corrected chi connectivity index (χ1v) is 7.94. The highest BCUT2D eigenvalue weighted by molar-refractivity contribution is 5.79. The van der Waals surface area contributed by atoms with Gasteiger partial charge in [0.2, 0.25) is 5.91 Å². The van der Waals surface area contributed by atoms with E-state index in [-0.39, 0.29) is 5.92 Å². The summed E-state index contributed by atoms with van der Waals surface area (Å²) in [5, 5.41) is 0. The van der Waals surface area contributed by atoms with Gasteiger partial charge in [0.05, 0.1) is 13.2 Å². The first-order chi connectivity index (χ1) is 10.8. The lowest BCUT2D eigenvalue weighted by atomic mass is 9.94. The highest BCUT2D eigenvalue weighted by atomic mass is 16.5. The van der Waals surface area contributed by atoms with E-state index in [1.54, 1.807) is 0 Å². The first-order valence-electron chi connectivity index (χ1n) is 7.94. The summed E-state index contributed by atoms with van der Waals surface area (Å²) < 4.78 is 5.30. The summed E-state index contributed by atoms with van der Waals surface area (Å²) in [6, 6.07) is 7.64. The third kappa shape index (κ3) is 3.30. The van der Waals surface area contributed by atoms with Crippen molar-refractivity contribution in [1.29, 1.82) is 0 Å². The summed E-state index contributed by atoms with van der Waals surface area (Å²) in [6.07, 6.45) is 2.65. The van der Waals surface area contributed by atoms with Gasteiger partial charge in [-0.1, -0.05) is 0 Å². The van der Waals surface area contributed by atoms with Gasteiger partial charge < -0.3 is 14.5 Å². The van der Waals surface area contributed by atoms with Crippen LogP contribution in [0.3, 0.4) is 0 Å². The average molecular weight is 302 g/mol. The maximum atomic E-state index is 12.5. The number of anilines is 1. The van der Waals surface area contributed by atoms with Gasteiger partial charge in [0.1, 0.15) is 6.29 Å². The quantitative estimate of drug-likeness (QED) is 0.795. The predicted octanol–water partition coefficient (Wildman–Crippen LogP) is 1.57. The number of hydrogen-bond donors (Lipinski definition) is 0. The molecule has 3 rings (SSSR count). The SMILES string of the molecule is O=Cc1ccc(N2CCC(C(=O)N3CCOCC3)CC2)cc1. The summed E-state index contributed by atoms with van der Waals surface area (Å²) in [4.78, 5) is 27.4. The smallest absolute Gasteiger partial charge is 0.225 e. The van der Waals surface area contributed by atoms with E-state index < -0.39 is 0 Å². The molecule has 2 fully saturated rings. The van der Waals surface area contributed by atoms with Crippen LogP contribution < -0.4 is 4.90 Å². The van der Waals surface area contributed by atoms with E-state index in [9.17, 15) is 9.59 Å². The van der Waals surface area contributed by atoms with Gasteiger partial charge in [-0.15, -0.1) is 0 Å². The van der Waals surface area contributed by atoms with Crippen molar-refractivity contribution in [1.82, 2.24) is 4.90 Å². The maximum Gasteiger partial charge on any atom is 0.225 e. The van der Waals surface area contributed by atoms with Gasteiger partial charge >= 0.3 is 0 Å². The third-order valence-electron chi connectivity index (χ3n) is 4.56. The van der Waals surface area contributed by atoms with Crippen molar-refractivity contribution in [3.63, 3.8) is 0 Å². The molecule has 0 unspecified atom stereocenters. The van der Waals surface area contributed by atoms with E-state index in [1.165, 1.54) is 0 Å². The normalized spacial score (nSPS) is 20.0. The number of morpholine rings is 1. The molecule has 2 aliphatic rings. The number of benzene rings is 1. The Morgan fingerprint density at radius 2 is 1.68 bits per heavy atom. The number of rotatable bonds is 3. The van der Waals surface area contributed by atoms with E-state index >= 15 is 0 Å². The van der Waals surface area contributed by atoms with E-state index in [0.717, 1.165) is 51.0 Å². The van der Waals surface area contributed by atoms with E-state index in [4.69, 9.17) is 4.74 Å². The summed E-state index contributed by atoms with van der Waals surface area (Å²) in [5.74, 6) is 0.433. The van der Waals surface area contributed by atoms with Crippen LogP contribution in [0, 0.1) is 5.92 Å². The lowest BCUT2D eigenvalue weighted by molar-refractivity contribution is -0.140. The minimum Gasteiger partial charge on any atom is -0.378 e. The lowest BCUT2D eigenvalue weighted by Crippen LogP contribution is -2.46. The van der Waals surface area contributed by atoms with Gasteiger partial charge in [0.25, 0.3) is 0 Å². The third-order valence-corrected chi connectivity index (χ3v) is 4.56. The Kier molecular flexibility index (Phi) is 4.73. The van der Waals surface area contributed by atoms with E-state index in [1.807, 2.05) is 29.2 Å². The molecule has 0 atom stereocenters. The van der Waals surface area contributed by atoms with Gasteiger partial charge in [-0.2, -0.15) is 0 Å². The molecule has 2 heterocycles. The Bertz CT molecular complexity index is 515. The second-order valence-corrected chi connectivity index (χ2v) is 5.91. The second kappa shape index (κ2) is 6.92. The van der Waals surface area contributed by atoms with Crippen LogP contribution in [0.5, 0.6) is 0 Å². The van der Waals surface area contributed by atoms with Crippen LogP contribution >= 0.6 is 0 Å². The summed E-state index contributed by atoms with van der Waals surface area (Å²) in [7, 11) is 0. The Hall–Kier alpha value is -1.88. The first kappa shape index (κ1) is 15.0. The predicted molar refractivity (Wildman–Crippen MR) is 84.2 cm³/mol. The Morgan fingerprint density at radius 1 is 1.05 bits per heavy atom. The lowest BCUT2D eigenvalue weighted by Gasteiger charge is -2.36. The van der Waals surface area contributed by atoms with E-state index in [0.29, 0.717) is 24.7 Å². The number of aldehydes is 1. The average Bonchev–Trinajstić information content (AvgIpc) is 2.62. The number of carbonyl (C=O) groups excluding carboxylic acids is 2. The van der Waals surface area contributed by atoms with Crippen molar-refractivity contribution in [3.05, 3.63) is 29.8 Å². The minimum atomic E-state index is 0.142. The van der Waals surface area contributed by atoms with Gasteiger partial charge in [0, 0.05) is 43.3 Å². The van der Waals surface area contributed by atoms with Gasteiger partial charge in [-0.3, -0.25) is 9.59 Å². The van der Waals surface area contributed by atoms with Crippen molar-refractivity contribution in [3.8, 4) is 0 Å². The molecule has 0 N–H and O–H groups in total. The molecule has 2 aliphatic heterocycles. The fraction of sp³-hybridized carbons (Fsp3) is 0.529. The summed E-state index contributed by atoms with van der Waals surface area (Å²) in [6.45, 7) is 4.56. The molecule has 0 saturated carbocycles. The monoisotopic (exact) mass is 302 g/mol. The fourth-order valence-corrected chi connectivity index (χ4v) is 3.19. The van der Waals surface area contributed by atoms with Crippen molar-refractivity contribution in [2.75, 3.05) is 44.3 Å². The van der Waals surface area contributed by atoms with Crippen molar-refractivity contribution < 1.29 is 14.3 Å².